The second-order valence-electron chi connectivity index (χ2n) is 7.70. The monoisotopic (exact) mass is 535 g/mol. The number of hydrogen-bond donors (Lipinski definition) is 2. The number of carbonyl (C=O) groups excluding carboxylic acids is 2. The highest BCUT2D eigenvalue weighted by molar-refractivity contribution is 9.10. The van der Waals surface area contributed by atoms with E-state index in [4.69, 9.17) is 14.2 Å². The van der Waals surface area contributed by atoms with Crippen molar-refractivity contribution < 1.29 is 23.8 Å². The molecule has 9 heteroatoms. The molecule has 0 saturated heterocycles. The Labute approximate surface area is 210 Å². The molecule has 0 bridgehead atoms. The van der Waals surface area contributed by atoms with Gasteiger partial charge in [-0.3, -0.25) is 4.79 Å². The molecular formula is C25H34BrN3O5. The molecule has 2 amide bonds. The number of rotatable bonds is 14. The minimum atomic E-state index is -0.232. The molecule has 0 aromatic heterocycles. The number of urea groups is 1. The van der Waals surface area contributed by atoms with Crippen LogP contribution >= 0.6 is 15.9 Å². The number of nitrogens with one attached hydrogen (secondary N) is 2. The maximum Gasteiger partial charge on any atom is 0.319 e. The van der Waals surface area contributed by atoms with E-state index in [-0.39, 0.29) is 12.0 Å². The number of benzene rings is 2. The molecule has 186 valence electrons. The SMILES string of the molecule is COC(=O)CCCN(CCCNC(=O)Nc1ccc(Br)cc1)CCc1ccc(OC)c(OC)c1. The molecule has 0 radical (unpaired) electrons. The third-order valence-corrected chi connectivity index (χ3v) is 5.82. The first-order valence-electron chi connectivity index (χ1n) is 11.3. The predicted octanol–water partition coefficient (Wildman–Crippen LogP) is 4.48. The van der Waals surface area contributed by atoms with Gasteiger partial charge in [-0.15, -0.1) is 0 Å². The topological polar surface area (TPSA) is 89.1 Å². The summed E-state index contributed by atoms with van der Waals surface area (Å²) in [6.45, 7) is 2.94. The summed E-state index contributed by atoms with van der Waals surface area (Å²) in [5.74, 6) is 1.21. The Bertz CT molecular complexity index is 908. The molecule has 0 aliphatic rings. The van der Waals surface area contributed by atoms with E-state index >= 15 is 0 Å². The van der Waals surface area contributed by atoms with Crippen molar-refractivity contribution in [3.05, 3.63) is 52.5 Å². The largest absolute Gasteiger partial charge is 0.493 e. The zero-order valence-corrected chi connectivity index (χ0v) is 21.7. The molecule has 2 N–H and O–H groups in total. The minimum Gasteiger partial charge on any atom is -0.493 e. The van der Waals surface area contributed by atoms with Crippen molar-refractivity contribution in [2.45, 2.75) is 25.7 Å². The molecule has 0 saturated carbocycles. The quantitative estimate of drug-likeness (QED) is 0.274. The lowest BCUT2D eigenvalue weighted by Gasteiger charge is -2.22. The van der Waals surface area contributed by atoms with E-state index in [1.165, 1.54) is 7.11 Å². The summed E-state index contributed by atoms with van der Waals surface area (Å²) in [5.41, 5.74) is 1.88. The number of carbonyl (C=O) groups is 2. The number of hydrogen-bond acceptors (Lipinski definition) is 6. The van der Waals surface area contributed by atoms with Crippen molar-refractivity contribution in [1.82, 2.24) is 10.2 Å². The second kappa shape index (κ2) is 15.2. The number of ether oxygens (including phenoxy) is 3. The molecule has 0 unspecified atom stereocenters. The van der Waals surface area contributed by atoms with Crippen LogP contribution in [0, 0.1) is 0 Å². The van der Waals surface area contributed by atoms with Crippen LogP contribution in [0.5, 0.6) is 11.5 Å². The van der Waals surface area contributed by atoms with E-state index in [2.05, 4.69) is 31.5 Å². The van der Waals surface area contributed by atoms with Gasteiger partial charge in [0.2, 0.25) is 0 Å². The number of amides is 2. The fourth-order valence-corrected chi connectivity index (χ4v) is 3.69. The van der Waals surface area contributed by atoms with Gasteiger partial charge >= 0.3 is 12.0 Å². The lowest BCUT2D eigenvalue weighted by Crippen LogP contribution is -2.34. The lowest BCUT2D eigenvalue weighted by molar-refractivity contribution is -0.140. The van der Waals surface area contributed by atoms with Crippen LogP contribution < -0.4 is 20.1 Å². The van der Waals surface area contributed by atoms with Crippen molar-refractivity contribution in [3.63, 3.8) is 0 Å². The van der Waals surface area contributed by atoms with Crippen LogP contribution in [0.2, 0.25) is 0 Å². The number of anilines is 1. The van der Waals surface area contributed by atoms with Gasteiger partial charge in [-0.05, 0) is 74.3 Å². The number of methoxy groups -OCH3 is 3. The molecule has 0 spiro atoms. The zero-order valence-electron chi connectivity index (χ0n) is 20.1. The first-order valence-corrected chi connectivity index (χ1v) is 12.0. The van der Waals surface area contributed by atoms with Crippen molar-refractivity contribution in [1.29, 1.82) is 0 Å². The Hall–Kier alpha value is -2.78. The third kappa shape index (κ3) is 10.0. The molecule has 0 heterocycles. The summed E-state index contributed by atoms with van der Waals surface area (Å²) >= 11 is 3.38. The van der Waals surface area contributed by atoms with E-state index in [0.29, 0.717) is 24.5 Å². The van der Waals surface area contributed by atoms with Gasteiger partial charge < -0.3 is 29.7 Å². The van der Waals surface area contributed by atoms with Gasteiger partial charge in [0.1, 0.15) is 0 Å². The number of esters is 1. The van der Waals surface area contributed by atoms with Crippen molar-refractivity contribution in [2.24, 2.45) is 0 Å². The van der Waals surface area contributed by atoms with Crippen LogP contribution in [-0.4, -0.2) is 64.4 Å². The van der Waals surface area contributed by atoms with E-state index < -0.39 is 0 Å². The van der Waals surface area contributed by atoms with Crippen molar-refractivity contribution >= 4 is 33.6 Å². The minimum absolute atomic E-state index is 0.203. The van der Waals surface area contributed by atoms with Crippen LogP contribution in [-0.2, 0) is 16.0 Å². The van der Waals surface area contributed by atoms with Crippen molar-refractivity contribution in [2.75, 3.05) is 52.8 Å². The molecule has 2 aromatic carbocycles. The highest BCUT2D eigenvalue weighted by Gasteiger charge is 2.10. The fraction of sp³-hybridized carbons (Fsp3) is 0.440. The maximum atomic E-state index is 12.1. The Morgan fingerprint density at radius 3 is 2.29 bits per heavy atom. The van der Waals surface area contributed by atoms with Gasteiger partial charge in [0.05, 0.1) is 21.3 Å². The van der Waals surface area contributed by atoms with Gasteiger partial charge in [-0.25, -0.2) is 4.79 Å². The molecule has 2 aromatic rings. The van der Waals surface area contributed by atoms with E-state index in [1.54, 1.807) is 14.2 Å². The van der Waals surface area contributed by atoms with Crippen molar-refractivity contribution in [3.8, 4) is 11.5 Å². The van der Waals surface area contributed by atoms with Gasteiger partial charge in [-0.1, -0.05) is 22.0 Å². The Balaban J connectivity index is 1.82. The van der Waals surface area contributed by atoms with Crippen LogP contribution in [0.1, 0.15) is 24.8 Å². The molecule has 0 fully saturated rings. The third-order valence-electron chi connectivity index (χ3n) is 5.29. The second-order valence-corrected chi connectivity index (χ2v) is 8.62. The highest BCUT2D eigenvalue weighted by Crippen LogP contribution is 2.27. The number of halogens is 1. The molecule has 34 heavy (non-hydrogen) atoms. The van der Waals surface area contributed by atoms with Crippen LogP contribution in [0.4, 0.5) is 10.5 Å². The van der Waals surface area contributed by atoms with Crippen LogP contribution in [0.3, 0.4) is 0 Å². The summed E-state index contributed by atoms with van der Waals surface area (Å²) < 4.78 is 16.4. The first-order chi connectivity index (χ1) is 16.4. The summed E-state index contributed by atoms with van der Waals surface area (Å²) in [7, 11) is 4.65. The molecule has 0 aliphatic heterocycles. The van der Waals surface area contributed by atoms with Gasteiger partial charge in [0, 0.05) is 29.7 Å². The van der Waals surface area contributed by atoms with Gasteiger partial charge in [-0.2, -0.15) is 0 Å². The van der Waals surface area contributed by atoms with Gasteiger partial charge in [0.25, 0.3) is 0 Å². The molecular weight excluding hydrogens is 502 g/mol. The van der Waals surface area contributed by atoms with Gasteiger partial charge in [0.15, 0.2) is 11.5 Å². The fourth-order valence-electron chi connectivity index (χ4n) is 3.42. The summed E-state index contributed by atoms with van der Waals surface area (Å²) in [4.78, 5) is 25.9. The van der Waals surface area contributed by atoms with E-state index in [1.807, 2.05) is 42.5 Å². The molecule has 0 atom stereocenters. The van der Waals surface area contributed by atoms with Crippen LogP contribution in [0.15, 0.2) is 46.9 Å². The summed E-state index contributed by atoms with van der Waals surface area (Å²) in [6.07, 6.45) is 2.72. The maximum absolute atomic E-state index is 12.1. The summed E-state index contributed by atoms with van der Waals surface area (Å²) in [5, 5.41) is 5.71. The van der Waals surface area contributed by atoms with Crippen LogP contribution in [0.25, 0.3) is 0 Å². The first kappa shape index (κ1) is 27.5. The Morgan fingerprint density at radius 1 is 0.912 bits per heavy atom. The Kier molecular flexibility index (Phi) is 12.3. The predicted molar refractivity (Wildman–Crippen MR) is 137 cm³/mol. The molecule has 0 aliphatic carbocycles. The van der Waals surface area contributed by atoms with E-state index in [9.17, 15) is 9.59 Å². The lowest BCUT2D eigenvalue weighted by atomic mass is 10.1. The summed E-state index contributed by atoms with van der Waals surface area (Å²) in [6, 6.07) is 13.1. The molecule has 8 nitrogen and oxygen atoms in total. The highest BCUT2D eigenvalue weighted by atomic mass is 79.9. The standard InChI is InChI=1S/C25H34BrN3O5/c1-32-22-12-7-19(18-23(22)33-2)13-17-29(15-4-6-24(30)34-3)16-5-14-27-25(31)28-21-10-8-20(26)9-11-21/h7-12,18H,4-6,13-17H2,1-3H3,(H2,27,28,31). The Morgan fingerprint density at radius 2 is 1.62 bits per heavy atom. The zero-order chi connectivity index (χ0) is 24.8. The number of nitrogens with zero attached hydrogens (tertiary/aromatic N) is 1. The van der Waals surface area contributed by atoms with E-state index in [0.717, 1.165) is 54.6 Å². The molecule has 2 rings (SSSR count). The average Bonchev–Trinajstić information content (AvgIpc) is 2.85. The average molecular weight is 536 g/mol. The smallest absolute Gasteiger partial charge is 0.319 e. The normalized spacial score (nSPS) is 10.6.